The number of halogens is 1. The van der Waals surface area contributed by atoms with Gasteiger partial charge < -0.3 is 9.90 Å². The molecular formula is C18H13ClN2O3. The van der Waals surface area contributed by atoms with Crippen LogP contribution in [0.1, 0.15) is 11.6 Å². The molecule has 0 aliphatic rings. The van der Waals surface area contributed by atoms with Crippen molar-refractivity contribution >= 4 is 23.9 Å². The van der Waals surface area contributed by atoms with Gasteiger partial charge in [0.25, 0.3) is 0 Å². The number of nitrogens with zero attached hydrogens (tertiary/aromatic N) is 2. The molecule has 0 bridgehead atoms. The van der Waals surface area contributed by atoms with E-state index in [0.717, 1.165) is 11.3 Å². The molecule has 3 rings (SSSR count). The van der Waals surface area contributed by atoms with E-state index in [9.17, 15) is 14.7 Å². The third kappa shape index (κ3) is 2.81. The van der Waals surface area contributed by atoms with Gasteiger partial charge in [0.15, 0.2) is 5.92 Å². The van der Waals surface area contributed by atoms with Crippen LogP contribution in [0.2, 0.25) is 5.02 Å². The number of benzene rings is 2. The molecule has 0 aliphatic carbocycles. The van der Waals surface area contributed by atoms with Crippen molar-refractivity contribution in [2.24, 2.45) is 0 Å². The van der Waals surface area contributed by atoms with E-state index >= 15 is 0 Å². The summed E-state index contributed by atoms with van der Waals surface area (Å²) in [5.74, 6) is -2.70. The van der Waals surface area contributed by atoms with Gasteiger partial charge in [-0.25, -0.2) is 4.68 Å². The number of hydrogen-bond acceptors (Lipinski definition) is 3. The molecule has 0 fully saturated rings. The summed E-state index contributed by atoms with van der Waals surface area (Å²) in [5.41, 5.74) is 2.08. The molecule has 24 heavy (non-hydrogen) atoms. The molecule has 0 aliphatic heterocycles. The maximum Gasteiger partial charge on any atom is 0.320 e. The van der Waals surface area contributed by atoms with Crippen molar-refractivity contribution in [3.05, 3.63) is 71.4 Å². The number of carbonyl (C=O) groups excluding carboxylic acids is 1. The molecule has 1 heterocycles. The van der Waals surface area contributed by atoms with Crippen LogP contribution >= 0.6 is 11.6 Å². The lowest BCUT2D eigenvalue weighted by Crippen LogP contribution is -2.14. The summed E-state index contributed by atoms with van der Waals surface area (Å²) in [5, 5.41) is 13.7. The Morgan fingerprint density at radius 1 is 1.08 bits per heavy atom. The van der Waals surface area contributed by atoms with Gasteiger partial charge in [-0.3, -0.25) is 4.79 Å². The molecule has 0 saturated heterocycles. The van der Waals surface area contributed by atoms with Crippen LogP contribution in [-0.2, 0) is 9.59 Å². The van der Waals surface area contributed by atoms with E-state index in [1.165, 1.54) is 0 Å². The number of para-hydroxylation sites is 1. The maximum absolute atomic E-state index is 11.3. The quantitative estimate of drug-likeness (QED) is 0.569. The van der Waals surface area contributed by atoms with Crippen molar-refractivity contribution in [3.63, 3.8) is 0 Å². The van der Waals surface area contributed by atoms with Gasteiger partial charge in [-0.2, -0.15) is 5.10 Å². The Morgan fingerprint density at radius 3 is 2.21 bits per heavy atom. The first-order valence-corrected chi connectivity index (χ1v) is 7.58. The molecule has 0 radical (unpaired) electrons. The number of carbonyl (C=O) groups is 2. The second-order valence-electron chi connectivity index (χ2n) is 5.11. The van der Waals surface area contributed by atoms with Crippen molar-refractivity contribution in [1.82, 2.24) is 9.78 Å². The number of rotatable bonds is 5. The Labute approximate surface area is 143 Å². The normalized spacial score (nSPS) is 11.9. The van der Waals surface area contributed by atoms with Crippen LogP contribution in [0, 0.1) is 0 Å². The van der Waals surface area contributed by atoms with Gasteiger partial charge in [-0.1, -0.05) is 60.1 Å². The van der Waals surface area contributed by atoms with Crippen molar-refractivity contribution < 1.29 is 14.7 Å². The SMILES string of the molecule is O=CC(C(=O)O)c1nn(-c2ccccc2)c(-c2ccccc2)c1Cl. The van der Waals surface area contributed by atoms with E-state index in [2.05, 4.69) is 5.10 Å². The van der Waals surface area contributed by atoms with Crippen molar-refractivity contribution in [3.8, 4) is 16.9 Å². The highest BCUT2D eigenvalue weighted by Crippen LogP contribution is 2.35. The smallest absolute Gasteiger partial charge is 0.320 e. The largest absolute Gasteiger partial charge is 0.480 e. The topological polar surface area (TPSA) is 72.2 Å². The molecule has 1 atom stereocenters. The van der Waals surface area contributed by atoms with Gasteiger partial charge >= 0.3 is 5.97 Å². The zero-order valence-corrected chi connectivity index (χ0v) is 13.2. The van der Waals surface area contributed by atoms with Crippen LogP contribution in [0.3, 0.4) is 0 Å². The zero-order valence-electron chi connectivity index (χ0n) is 12.5. The molecule has 1 unspecified atom stereocenters. The fourth-order valence-corrected chi connectivity index (χ4v) is 2.80. The molecule has 1 N–H and O–H groups in total. The van der Waals surface area contributed by atoms with Crippen LogP contribution in [0.5, 0.6) is 0 Å². The van der Waals surface area contributed by atoms with Gasteiger partial charge in [0.1, 0.15) is 12.0 Å². The van der Waals surface area contributed by atoms with Crippen molar-refractivity contribution in [1.29, 1.82) is 0 Å². The molecule has 2 aromatic carbocycles. The summed E-state index contributed by atoms with van der Waals surface area (Å²) >= 11 is 6.43. The third-order valence-electron chi connectivity index (χ3n) is 3.60. The molecule has 120 valence electrons. The monoisotopic (exact) mass is 340 g/mol. The van der Waals surface area contributed by atoms with E-state index < -0.39 is 11.9 Å². The third-order valence-corrected chi connectivity index (χ3v) is 3.97. The predicted octanol–water partition coefficient (Wildman–Crippen LogP) is 3.56. The zero-order chi connectivity index (χ0) is 17.1. The van der Waals surface area contributed by atoms with Crippen molar-refractivity contribution in [2.75, 3.05) is 0 Å². The van der Waals surface area contributed by atoms with Crippen LogP contribution in [0.15, 0.2) is 60.7 Å². The van der Waals surface area contributed by atoms with E-state index in [0.29, 0.717) is 12.0 Å². The van der Waals surface area contributed by atoms with Crippen LogP contribution in [0.4, 0.5) is 0 Å². The minimum absolute atomic E-state index is 0.0295. The Balaban J connectivity index is 2.28. The molecule has 6 heteroatoms. The van der Waals surface area contributed by atoms with Crippen LogP contribution in [0.25, 0.3) is 16.9 Å². The fourth-order valence-electron chi connectivity index (χ4n) is 2.46. The Hall–Kier alpha value is -2.92. The molecular weight excluding hydrogens is 328 g/mol. The molecule has 0 amide bonds. The standard InChI is InChI=1S/C18H13ClN2O3/c19-15-16(14(11-22)18(23)24)20-21(13-9-5-2-6-10-13)17(15)12-7-3-1-4-8-12/h1-11,14H,(H,23,24). The van der Waals surface area contributed by atoms with Crippen molar-refractivity contribution in [2.45, 2.75) is 5.92 Å². The first-order chi connectivity index (χ1) is 11.6. The summed E-state index contributed by atoms with van der Waals surface area (Å²) in [7, 11) is 0. The first kappa shape index (κ1) is 16.0. The second kappa shape index (κ2) is 6.68. The predicted molar refractivity (Wildman–Crippen MR) is 90.5 cm³/mol. The number of carboxylic acids is 1. The lowest BCUT2D eigenvalue weighted by molar-refractivity contribution is -0.140. The average molecular weight is 341 g/mol. The van der Waals surface area contributed by atoms with Gasteiger partial charge in [0, 0.05) is 5.56 Å². The van der Waals surface area contributed by atoms with Gasteiger partial charge in [-0.15, -0.1) is 0 Å². The lowest BCUT2D eigenvalue weighted by Gasteiger charge is -2.07. The highest BCUT2D eigenvalue weighted by Gasteiger charge is 2.29. The summed E-state index contributed by atoms with van der Waals surface area (Å²) in [6.07, 6.45) is 0.334. The van der Waals surface area contributed by atoms with E-state index in [1.54, 1.807) is 4.68 Å². The summed E-state index contributed by atoms with van der Waals surface area (Å²) in [6, 6.07) is 18.5. The Morgan fingerprint density at radius 2 is 1.67 bits per heavy atom. The van der Waals surface area contributed by atoms with Gasteiger partial charge in [-0.05, 0) is 12.1 Å². The number of aromatic nitrogens is 2. The molecule has 3 aromatic rings. The minimum Gasteiger partial charge on any atom is -0.480 e. The lowest BCUT2D eigenvalue weighted by atomic mass is 10.1. The van der Waals surface area contributed by atoms with Gasteiger partial charge in [0.05, 0.1) is 16.4 Å². The fraction of sp³-hybridized carbons (Fsp3) is 0.0556. The minimum atomic E-state index is -1.41. The highest BCUT2D eigenvalue weighted by atomic mass is 35.5. The summed E-state index contributed by atoms with van der Waals surface area (Å²) in [4.78, 5) is 22.5. The van der Waals surface area contributed by atoms with E-state index in [-0.39, 0.29) is 10.7 Å². The summed E-state index contributed by atoms with van der Waals surface area (Å²) in [6.45, 7) is 0. The number of carboxylic acid groups (broad SMARTS) is 1. The van der Waals surface area contributed by atoms with Gasteiger partial charge in [0.2, 0.25) is 0 Å². The van der Waals surface area contributed by atoms with E-state index in [4.69, 9.17) is 11.6 Å². The molecule has 0 spiro atoms. The van der Waals surface area contributed by atoms with Crippen LogP contribution in [-0.4, -0.2) is 27.1 Å². The molecule has 5 nitrogen and oxygen atoms in total. The average Bonchev–Trinajstić information content (AvgIpc) is 2.94. The second-order valence-corrected chi connectivity index (χ2v) is 5.49. The Bertz CT molecular complexity index is 876. The van der Waals surface area contributed by atoms with E-state index in [1.807, 2.05) is 60.7 Å². The molecule has 0 saturated carbocycles. The first-order valence-electron chi connectivity index (χ1n) is 7.21. The highest BCUT2D eigenvalue weighted by molar-refractivity contribution is 6.34. The maximum atomic E-state index is 11.3. The number of aliphatic carboxylic acids is 1. The number of hydrogen-bond donors (Lipinski definition) is 1. The summed E-state index contributed by atoms with van der Waals surface area (Å²) < 4.78 is 1.56. The number of aldehydes is 1. The molecule has 1 aromatic heterocycles. The van der Waals surface area contributed by atoms with Crippen LogP contribution < -0.4 is 0 Å². The Kier molecular flexibility index (Phi) is 4.44.